The molecule has 2 atom stereocenters. The highest BCUT2D eigenvalue weighted by atomic mass is 35.5. The Bertz CT molecular complexity index is 1620. The van der Waals surface area contributed by atoms with Crippen molar-refractivity contribution < 1.29 is 35.9 Å². The highest BCUT2D eigenvalue weighted by Crippen LogP contribution is 2.37. The largest absolute Gasteiger partial charge is 0.416 e. The maximum absolute atomic E-state index is 13.6. The van der Waals surface area contributed by atoms with Crippen LogP contribution in [0.4, 0.5) is 26.3 Å². The van der Waals surface area contributed by atoms with E-state index < -0.39 is 52.9 Å². The van der Waals surface area contributed by atoms with Crippen LogP contribution in [0.2, 0.25) is 5.02 Å². The minimum Gasteiger partial charge on any atom is -0.348 e. The van der Waals surface area contributed by atoms with Gasteiger partial charge in [-0.3, -0.25) is 9.59 Å². The Kier molecular flexibility index (Phi) is 8.33. The van der Waals surface area contributed by atoms with E-state index in [1.165, 1.54) is 11.2 Å². The molecule has 1 saturated heterocycles. The Morgan fingerprint density at radius 1 is 0.907 bits per heavy atom. The number of aromatic nitrogens is 2. The number of halogens is 7. The van der Waals surface area contributed by atoms with E-state index in [-0.39, 0.29) is 37.6 Å². The van der Waals surface area contributed by atoms with Gasteiger partial charge < -0.3 is 10.2 Å². The van der Waals surface area contributed by atoms with Gasteiger partial charge in [0.2, 0.25) is 0 Å². The molecule has 0 bridgehead atoms. The second-order valence-corrected chi connectivity index (χ2v) is 10.6. The maximum atomic E-state index is 13.6. The molecular weight excluding hydrogens is 598 g/mol. The molecule has 0 saturated carbocycles. The van der Waals surface area contributed by atoms with Gasteiger partial charge in [-0.05, 0) is 61.2 Å². The summed E-state index contributed by atoms with van der Waals surface area (Å²) in [5, 5.41) is 3.93. The first-order valence-electron chi connectivity index (χ1n) is 13.1. The summed E-state index contributed by atoms with van der Waals surface area (Å²) in [6.45, 7) is -0.0237. The highest BCUT2D eigenvalue weighted by Gasteiger charge is 2.39. The van der Waals surface area contributed by atoms with Crippen LogP contribution >= 0.6 is 11.6 Å². The van der Waals surface area contributed by atoms with Gasteiger partial charge in [-0.25, -0.2) is 9.97 Å². The molecule has 1 aromatic heterocycles. The number of hydrogen-bond acceptors (Lipinski definition) is 4. The van der Waals surface area contributed by atoms with Gasteiger partial charge in [0.1, 0.15) is 12.0 Å². The van der Waals surface area contributed by atoms with Crippen molar-refractivity contribution in [1.82, 2.24) is 20.2 Å². The molecular formula is C30H23ClF6N4O2. The van der Waals surface area contributed by atoms with Crippen molar-refractivity contribution in [3.8, 4) is 0 Å². The van der Waals surface area contributed by atoms with Crippen LogP contribution in [0, 0.1) is 0 Å². The Morgan fingerprint density at radius 2 is 1.56 bits per heavy atom. The molecule has 0 spiro atoms. The number of carbonyl (C=O) groups is 2. The number of likely N-dealkylation sites (tertiary alicyclic amines) is 1. The molecule has 5 rings (SSSR count). The van der Waals surface area contributed by atoms with E-state index in [0.717, 1.165) is 5.56 Å². The smallest absolute Gasteiger partial charge is 0.348 e. The second kappa shape index (κ2) is 11.8. The van der Waals surface area contributed by atoms with Crippen molar-refractivity contribution in [2.75, 3.05) is 6.54 Å². The summed E-state index contributed by atoms with van der Waals surface area (Å²) < 4.78 is 81.0. The van der Waals surface area contributed by atoms with E-state index >= 15 is 0 Å². The fourth-order valence-corrected chi connectivity index (χ4v) is 5.35. The van der Waals surface area contributed by atoms with Crippen molar-refractivity contribution in [3.05, 3.63) is 106 Å². The van der Waals surface area contributed by atoms with Crippen molar-refractivity contribution in [3.63, 3.8) is 0 Å². The molecule has 1 fully saturated rings. The number of fused-ring (bicyclic) bond motifs is 1. The highest BCUT2D eigenvalue weighted by molar-refractivity contribution is 6.30. The number of benzene rings is 3. The molecule has 0 unspecified atom stereocenters. The van der Waals surface area contributed by atoms with Crippen LogP contribution in [0.15, 0.2) is 73.1 Å². The summed E-state index contributed by atoms with van der Waals surface area (Å²) in [6.07, 6.45) is -8.30. The third-order valence-corrected chi connectivity index (χ3v) is 7.54. The lowest BCUT2D eigenvalue weighted by Gasteiger charge is -2.40. The molecule has 43 heavy (non-hydrogen) atoms. The average Bonchev–Trinajstić information content (AvgIpc) is 2.96. The van der Waals surface area contributed by atoms with E-state index in [1.54, 1.807) is 48.5 Å². The van der Waals surface area contributed by atoms with Gasteiger partial charge in [0.05, 0.1) is 16.6 Å². The molecule has 3 aromatic carbocycles. The summed E-state index contributed by atoms with van der Waals surface area (Å²) in [5.41, 5.74) is -2.40. The number of nitrogens with one attached hydrogen (secondary N) is 1. The molecule has 13 heteroatoms. The number of piperidine rings is 1. The van der Waals surface area contributed by atoms with Gasteiger partial charge in [0.25, 0.3) is 11.8 Å². The third kappa shape index (κ3) is 6.90. The zero-order chi connectivity index (χ0) is 30.9. The van der Waals surface area contributed by atoms with E-state index in [4.69, 9.17) is 11.6 Å². The predicted octanol–water partition coefficient (Wildman–Crippen LogP) is 6.97. The van der Waals surface area contributed by atoms with Crippen molar-refractivity contribution in [2.24, 2.45) is 0 Å². The lowest BCUT2D eigenvalue weighted by Crippen LogP contribution is -2.53. The summed E-state index contributed by atoms with van der Waals surface area (Å²) in [5.74, 6) is -1.44. The topological polar surface area (TPSA) is 75.2 Å². The maximum Gasteiger partial charge on any atom is 0.416 e. The Balaban J connectivity index is 1.44. The van der Waals surface area contributed by atoms with Crippen molar-refractivity contribution >= 4 is 34.3 Å². The van der Waals surface area contributed by atoms with E-state index in [0.29, 0.717) is 28.1 Å². The summed E-state index contributed by atoms with van der Waals surface area (Å²) >= 11 is 5.99. The molecule has 1 aliphatic rings. The SMILES string of the molecule is O=C(N[C@H]1CCN(C(=O)c2cc(C(F)(F)F)cc(C(F)(F)F)c2)[C@H](Cc2ccc(Cl)cc2)C1)c1ncnc2ccccc12. The zero-order valence-electron chi connectivity index (χ0n) is 22.2. The summed E-state index contributed by atoms with van der Waals surface area (Å²) in [7, 11) is 0. The van der Waals surface area contributed by atoms with E-state index in [2.05, 4.69) is 15.3 Å². The normalized spacial score (nSPS) is 17.6. The van der Waals surface area contributed by atoms with Crippen LogP contribution in [0.1, 0.15) is 50.4 Å². The van der Waals surface area contributed by atoms with Crippen LogP contribution in [-0.4, -0.2) is 45.3 Å². The Morgan fingerprint density at radius 3 is 2.21 bits per heavy atom. The van der Waals surface area contributed by atoms with Crippen LogP contribution < -0.4 is 5.32 Å². The first kappa shape index (κ1) is 30.3. The lowest BCUT2D eigenvalue weighted by molar-refractivity contribution is -0.143. The fraction of sp³-hybridized carbons (Fsp3) is 0.267. The average molecular weight is 621 g/mol. The number of amides is 2. The number of rotatable bonds is 5. The molecule has 1 N–H and O–H groups in total. The van der Waals surface area contributed by atoms with Gasteiger partial charge >= 0.3 is 12.4 Å². The number of hydrogen-bond donors (Lipinski definition) is 1. The van der Waals surface area contributed by atoms with Crippen LogP contribution in [0.3, 0.4) is 0 Å². The minimum atomic E-state index is -5.10. The number of para-hydroxylation sites is 1. The molecule has 1 aliphatic heterocycles. The van der Waals surface area contributed by atoms with Gasteiger partial charge in [-0.2, -0.15) is 26.3 Å². The molecule has 4 aromatic rings. The molecule has 224 valence electrons. The standard InChI is InChI=1S/C30H23ClF6N4O2/c31-21-7-5-17(6-8-21)11-23-15-22(40-27(42)26-24-3-1-2-4-25(24)38-16-39-26)9-10-41(23)28(43)18-12-19(29(32,33)34)14-20(13-18)30(35,36)37/h1-8,12-14,16,22-23H,9-11,15H2,(H,40,42)/t22-,23+/m0/s1. The summed E-state index contributed by atoms with van der Waals surface area (Å²) in [4.78, 5) is 36.3. The predicted molar refractivity (Wildman–Crippen MR) is 146 cm³/mol. The first-order chi connectivity index (χ1) is 20.3. The Hall–Kier alpha value is -4.19. The molecule has 2 amide bonds. The van der Waals surface area contributed by atoms with Crippen molar-refractivity contribution in [2.45, 2.75) is 43.7 Å². The van der Waals surface area contributed by atoms with Gasteiger partial charge in [0, 0.05) is 34.6 Å². The second-order valence-electron chi connectivity index (χ2n) is 10.2. The Labute approximate surface area is 246 Å². The van der Waals surface area contributed by atoms with Crippen molar-refractivity contribution in [1.29, 1.82) is 0 Å². The third-order valence-electron chi connectivity index (χ3n) is 7.29. The molecule has 0 aliphatic carbocycles. The first-order valence-corrected chi connectivity index (χ1v) is 13.5. The quantitative estimate of drug-likeness (QED) is 0.245. The molecule has 2 heterocycles. The summed E-state index contributed by atoms with van der Waals surface area (Å²) in [6, 6.07) is 13.4. The lowest BCUT2D eigenvalue weighted by atomic mass is 9.91. The van der Waals surface area contributed by atoms with Crippen LogP contribution in [0.5, 0.6) is 0 Å². The number of carbonyl (C=O) groups excluding carboxylic acids is 2. The van der Waals surface area contributed by atoms with Crippen LogP contribution in [-0.2, 0) is 18.8 Å². The van der Waals surface area contributed by atoms with Gasteiger partial charge in [-0.15, -0.1) is 0 Å². The van der Waals surface area contributed by atoms with E-state index in [9.17, 15) is 35.9 Å². The van der Waals surface area contributed by atoms with Crippen LogP contribution in [0.25, 0.3) is 10.9 Å². The monoisotopic (exact) mass is 620 g/mol. The molecule has 0 radical (unpaired) electrons. The van der Waals surface area contributed by atoms with E-state index in [1.807, 2.05) is 0 Å². The number of alkyl halides is 6. The van der Waals surface area contributed by atoms with Gasteiger partial charge in [0.15, 0.2) is 0 Å². The van der Waals surface area contributed by atoms with Gasteiger partial charge in [-0.1, -0.05) is 41.9 Å². The minimum absolute atomic E-state index is 0.0133. The fourth-order valence-electron chi connectivity index (χ4n) is 5.22. The molecule has 6 nitrogen and oxygen atoms in total. The number of nitrogens with zero attached hydrogens (tertiary/aromatic N) is 3. The zero-order valence-corrected chi connectivity index (χ0v) is 23.0.